The molecule has 1 N–H and O–H groups in total. The van der Waals surface area contributed by atoms with E-state index in [9.17, 15) is 22.0 Å². The van der Waals surface area contributed by atoms with E-state index in [1.807, 2.05) is 6.92 Å². The van der Waals surface area contributed by atoms with Crippen molar-refractivity contribution in [1.82, 2.24) is 5.32 Å². The maximum Gasteiger partial charge on any atom is 0.206 e. The zero-order chi connectivity index (χ0) is 15.3. The lowest BCUT2D eigenvalue weighted by molar-refractivity contribution is 0.223. The van der Waals surface area contributed by atoms with E-state index in [1.54, 1.807) is 6.92 Å². The van der Waals surface area contributed by atoms with Crippen LogP contribution < -0.4 is 10.1 Å². The quantitative estimate of drug-likeness (QED) is 0.360. The minimum atomic E-state index is -2.19. The summed E-state index contributed by atoms with van der Waals surface area (Å²) in [5.74, 6) is -11.5. The molecule has 1 atom stereocenters. The van der Waals surface area contributed by atoms with Gasteiger partial charge in [0.15, 0.2) is 5.75 Å². The molecule has 2 nitrogen and oxygen atoms in total. The van der Waals surface area contributed by atoms with Crippen molar-refractivity contribution >= 4 is 0 Å². The summed E-state index contributed by atoms with van der Waals surface area (Å²) in [5.41, 5.74) is 0. The highest BCUT2D eigenvalue weighted by atomic mass is 19.2. The molecule has 7 heteroatoms. The summed E-state index contributed by atoms with van der Waals surface area (Å²) in [6.45, 7) is 4.84. The largest absolute Gasteiger partial charge is 0.487 e. The van der Waals surface area contributed by atoms with Gasteiger partial charge in [-0.15, -0.1) is 0 Å². The summed E-state index contributed by atoms with van der Waals surface area (Å²) in [6, 6.07) is 0. The van der Waals surface area contributed by atoms with Crippen LogP contribution in [0.3, 0.4) is 0 Å². The van der Waals surface area contributed by atoms with Gasteiger partial charge in [-0.3, -0.25) is 0 Å². The minimum Gasteiger partial charge on any atom is -0.487 e. The zero-order valence-electron chi connectivity index (χ0n) is 11.2. The SMILES string of the molecule is CCCNCC(C)COc1c(F)c(F)c(F)c(F)c1F. The molecule has 0 fully saturated rings. The van der Waals surface area contributed by atoms with Crippen LogP contribution in [0.4, 0.5) is 22.0 Å². The van der Waals surface area contributed by atoms with E-state index in [1.165, 1.54) is 0 Å². The smallest absolute Gasteiger partial charge is 0.206 e. The highest BCUT2D eigenvalue weighted by molar-refractivity contribution is 5.29. The third-order valence-corrected chi connectivity index (χ3v) is 2.60. The van der Waals surface area contributed by atoms with Gasteiger partial charge in [0.25, 0.3) is 0 Å². The van der Waals surface area contributed by atoms with Gasteiger partial charge in [0.05, 0.1) is 6.61 Å². The van der Waals surface area contributed by atoms with E-state index >= 15 is 0 Å². The second-order valence-corrected chi connectivity index (χ2v) is 4.52. The first kappa shape index (κ1) is 16.7. The Bertz CT molecular complexity index is 438. The molecule has 1 unspecified atom stereocenters. The van der Waals surface area contributed by atoms with Crippen molar-refractivity contribution in [3.8, 4) is 5.75 Å². The average molecular weight is 297 g/mol. The van der Waals surface area contributed by atoms with Gasteiger partial charge in [-0.1, -0.05) is 13.8 Å². The van der Waals surface area contributed by atoms with Crippen LogP contribution in [0.15, 0.2) is 0 Å². The van der Waals surface area contributed by atoms with E-state index in [0.717, 1.165) is 13.0 Å². The Hall–Kier alpha value is -1.37. The van der Waals surface area contributed by atoms with Gasteiger partial charge < -0.3 is 10.1 Å². The molecular weight excluding hydrogens is 281 g/mol. The van der Waals surface area contributed by atoms with Crippen molar-refractivity contribution in [3.63, 3.8) is 0 Å². The summed E-state index contributed by atoms with van der Waals surface area (Å²) in [7, 11) is 0. The molecule has 0 aliphatic carbocycles. The van der Waals surface area contributed by atoms with Gasteiger partial charge in [-0.05, 0) is 13.0 Å². The normalized spacial score (nSPS) is 12.6. The Balaban J connectivity index is 2.73. The van der Waals surface area contributed by atoms with Crippen LogP contribution >= 0.6 is 0 Å². The van der Waals surface area contributed by atoms with Crippen LogP contribution in [0.2, 0.25) is 0 Å². The topological polar surface area (TPSA) is 21.3 Å². The van der Waals surface area contributed by atoms with Crippen LogP contribution in [-0.4, -0.2) is 19.7 Å². The van der Waals surface area contributed by atoms with Crippen molar-refractivity contribution in [2.24, 2.45) is 5.92 Å². The third kappa shape index (κ3) is 3.82. The molecule has 1 aromatic rings. The van der Waals surface area contributed by atoms with Crippen molar-refractivity contribution in [2.75, 3.05) is 19.7 Å². The van der Waals surface area contributed by atoms with Gasteiger partial charge in [0, 0.05) is 12.5 Å². The van der Waals surface area contributed by atoms with Crippen molar-refractivity contribution < 1.29 is 26.7 Å². The number of rotatable bonds is 7. The van der Waals surface area contributed by atoms with Crippen LogP contribution in [-0.2, 0) is 0 Å². The van der Waals surface area contributed by atoms with Gasteiger partial charge in [0.2, 0.25) is 29.1 Å². The predicted molar refractivity (Wildman–Crippen MR) is 64.1 cm³/mol. The summed E-state index contributed by atoms with van der Waals surface area (Å²) < 4.78 is 70.0. The highest BCUT2D eigenvalue weighted by Gasteiger charge is 2.27. The first-order chi connectivity index (χ1) is 9.40. The number of benzene rings is 1. The first-order valence-electron chi connectivity index (χ1n) is 6.25. The number of ether oxygens (including phenoxy) is 1. The molecule has 0 saturated heterocycles. The summed E-state index contributed by atoms with van der Waals surface area (Å²) in [5, 5.41) is 3.06. The van der Waals surface area contributed by atoms with Crippen LogP contribution in [0.25, 0.3) is 0 Å². The molecule has 114 valence electrons. The Morgan fingerprint density at radius 3 is 1.95 bits per heavy atom. The lowest BCUT2D eigenvalue weighted by Crippen LogP contribution is -2.26. The number of hydrogen-bond acceptors (Lipinski definition) is 2. The fourth-order valence-corrected chi connectivity index (χ4v) is 1.52. The van der Waals surface area contributed by atoms with Gasteiger partial charge in [-0.2, -0.15) is 8.78 Å². The van der Waals surface area contributed by atoms with Gasteiger partial charge in [-0.25, -0.2) is 13.2 Å². The van der Waals surface area contributed by atoms with Gasteiger partial charge in [0.1, 0.15) is 0 Å². The molecule has 0 saturated carbocycles. The molecule has 0 bridgehead atoms. The summed E-state index contributed by atoms with van der Waals surface area (Å²) in [4.78, 5) is 0. The number of nitrogens with one attached hydrogen (secondary N) is 1. The maximum absolute atomic E-state index is 13.3. The highest BCUT2D eigenvalue weighted by Crippen LogP contribution is 2.29. The monoisotopic (exact) mass is 297 g/mol. The van der Waals surface area contributed by atoms with E-state index in [2.05, 4.69) is 5.32 Å². The summed E-state index contributed by atoms with van der Waals surface area (Å²) in [6.07, 6.45) is 0.922. The van der Waals surface area contributed by atoms with Crippen molar-refractivity contribution in [2.45, 2.75) is 20.3 Å². The minimum absolute atomic E-state index is 0.142. The lowest BCUT2D eigenvalue weighted by atomic mass is 10.2. The molecule has 0 radical (unpaired) electrons. The molecule has 0 aliphatic rings. The molecule has 0 aliphatic heterocycles. The molecule has 20 heavy (non-hydrogen) atoms. The Kier molecular flexibility index (Phi) is 6.19. The van der Waals surface area contributed by atoms with E-state index < -0.39 is 34.8 Å². The number of hydrogen-bond donors (Lipinski definition) is 1. The Morgan fingerprint density at radius 1 is 0.950 bits per heavy atom. The Labute approximate surface area is 113 Å². The lowest BCUT2D eigenvalue weighted by Gasteiger charge is -2.15. The van der Waals surface area contributed by atoms with E-state index in [-0.39, 0.29) is 12.5 Å². The maximum atomic E-state index is 13.3. The molecule has 0 heterocycles. The van der Waals surface area contributed by atoms with Gasteiger partial charge >= 0.3 is 0 Å². The second-order valence-electron chi connectivity index (χ2n) is 4.52. The third-order valence-electron chi connectivity index (χ3n) is 2.60. The number of halogens is 5. The summed E-state index contributed by atoms with van der Waals surface area (Å²) >= 11 is 0. The molecule has 0 amide bonds. The molecule has 0 spiro atoms. The van der Waals surface area contributed by atoms with E-state index in [0.29, 0.717) is 6.54 Å². The second kappa shape index (κ2) is 7.42. The zero-order valence-corrected chi connectivity index (χ0v) is 11.2. The molecule has 0 aromatic heterocycles. The molecular formula is C13H16F5NO. The van der Waals surface area contributed by atoms with Crippen molar-refractivity contribution in [3.05, 3.63) is 29.1 Å². The first-order valence-corrected chi connectivity index (χ1v) is 6.25. The van der Waals surface area contributed by atoms with Crippen LogP contribution in [0.5, 0.6) is 5.75 Å². The standard InChI is InChI=1S/C13H16F5NO/c1-3-4-19-5-7(2)6-20-13-11(17)9(15)8(14)10(16)12(13)18/h7,19H,3-6H2,1-2H3. The molecule has 1 aromatic carbocycles. The van der Waals surface area contributed by atoms with Crippen LogP contribution in [0, 0.1) is 35.0 Å². The fourth-order valence-electron chi connectivity index (χ4n) is 1.52. The van der Waals surface area contributed by atoms with Crippen molar-refractivity contribution in [1.29, 1.82) is 0 Å². The van der Waals surface area contributed by atoms with E-state index in [4.69, 9.17) is 4.74 Å². The predicted octanol–water partition coefficient (Wildman–Crippen LogP) is 3.40. The fraction of sp³-hybridized carbons (Fsp3) is 0.538. The molecule has 1 rings (SSSR count). The average Bonchev–Trinajstić information content (AvgIpc) is 2.43. The Morgan fingerprint density at radius 2 is 1.45 bits per heavy atom. The van der Waals surface area contributed by atoms with Crippen LogP contribution in [0.1, 0.15) is 20.3 Å².